The first-order valence-electron chi connectivity index (χ1n) is 13.9. The monoisotopic (exact) mass is 606 g/mol. The number of aromatic hydroxyl groups is 1. The first kappa shape index (κ1) is 30.9. The SMILES string of the molecule is C[C@H]1c2ccc(NC(=O)[C@@H](N)Cc3ccccc3)c(O)c2C(O)=C2C(=O)[C@]3(O)C(O)=C(C(N)=O)C(=O)[C@@H](N(C)C)[C@@H]3[C@@H](O)[C@@H]21. The lowest BCUT2D eigenvalue weighted by molar-refractivity contribution is -0.169. The maximum atomic E-state index is 14.1. The van der Waals surface area contributed by atoms with Crippen LogP contribution in [-0.4, -0.2) is 91.7 Å². The van der Waals surface area contributed by atoms with Gasteiger partial charge in [-0.15, -0.1) is 0 Å². The minimum Gasteiger partial charge on any atom is -0.508 e. The van der Waals surface area contributed by atoms with Crippen molar-refractivity contribution in [1.82, 2.24) is 4.90 Å². The van der Waals surface area contributed by atoms with Crippen molar-refractivity contribution in [3.63, 3.8) is 0 Å². The molecule has 0 spiro atoms. The van der Waals surface area contributed by atoms with Crippen LogP contribution in [0.1, 0.15) is 29.5 Å². The fourth-order valence-corrected chi connectivity index (χ4v) is 6.90. The van der Waals surface area contributed by atoms with E-state index in [4.69, 9.17) is 11.5 Å². The number of rotatable bonds is 6. The first-order chi connectivity index (χ1) is 20.6. The zero-order chi connectivity index (χ0) is 32.4. The van der Waals surface area contributed by atoms with Crippen molar-refractivity contribution in [3.8, 4) is 5.75 Å². The predicted octanol–water partition coefficient (Wildman–Crippen LogP) is 0.00430. The summed E-state index contributed by atoms with van der Waals surface area (Å²) >= 11 is 0. The Hall–Kier alpha value is -4.56. The standard InChI is InChI=1S/C31H34N4O9/c1-12-14-9-10-16(34-30(43)15(32)11-13-7-5-4-6-8-13)23(36)18(14)24(37)19-17(12)25(38)21-22(35(2)3)26(39)20(29(33)42)28(41)31(21,44)27(19)40/h4-10,12,15,17,21-22,25,36-38,41,44H,11,32H2,1-3H3,(H2,33,42)(H,34,43)/t12-,15-,17+,21+,22-,25-,31-/m0/s1. The molecule has 0 aromatic heterocycles. The largest absolute Gasteiger partial charge is 0.508 e. The van der Waals surface area contributed by atoms with Gasteiger partial charge >= 0.3 is 0 Å². The smallest absolute Gasteiger partial charge is 0.255 e. The maximum Gasteiger partial charge on any atom is 0.255 e. The van der Waals surface area contributed by atoms with Crippen molar-refractivity contribution in [2.75, 3.05) is 19.4 Å². The third kappa shape index (κ3) is 4.39. The van der Waals surface area contributed by atoms with Crippen molar-refractivity contribution >= 4 is 34.8 Å². The minimum absolute atomic E-state index is 0.120. The van der Waals surface area contributed by atoms with Crippen LogP contribution in [0, 0.1) is 11.8 Å². The van der Waals surface area contributed by atoms with Crippen LogP contribution in [0.15, 0.2) is 59.4 Å². The van der Waals surface area contributed by atoms with Gasteiger partial charge < -0.3 is 42.3 Å². The molecule has 13 nitrogen and oxygen atoms in total. The molecule has 232 valence electrons. The number of phenolic OH excluding ortho intramolecular Hbond substituents is 1. The van der Waals surface area contributed by atoms with E-state index in [9.17, 15) is 44.7 Å². The number of nitrogens with one attached hydrogen (secondary N) is 1. The number of phenols is 1. The molecule has 5 rings (SSSR count). The van der Waals surface area contributed by atoms with Crippen LogP contribution >= 0.6 is 0 Å². The number of anilines is 1. The van der Waals surface area contributed by atoms with Gasteiger partial charge in [0, 0.05) is 11.5 Å². The summed E-state index contributed by atoms with van der Waals surface area (Å²) in [7, 11) is 2.87. The molecule has 3 aliphatic carbocycles. The summed E-state index contributed by atoms with van der Waals surface area (Å²) in [6.45, 7) is 1.62. The van der Waals surface area contributed by atoms with Crippen LogP contribution in [0.5, 0.6) is 5.75 Å². The molecule has 0 radical (unpaired) electrons. The number of aliphatic hydroxyl groups excluding tert-OH is 3. The Kier molecular flexibility index (Phi) is 7.62. The van der Waals surface area contributed by atoms with Crippen LogP contribution in [-0.2, 0) is 25.6 Å². The highest BCUT2D eigenvalue weighted by atomic mass is 16.4. The maximum absolute atomic E-state index is 14.1. The molecule has 0 saturated heterocycles. The van der Waals surface area contributed by atoms with Crippen molar-refractivity contribution in [2.24, 2.45) is 23.3 Å². The molecule has 2 aromatic rings. The highest BCUT2D eigenvalue weighted by Crippen LogP contribution is 2.56. The second-order valence-corrected chi connectivity index (χ2v) is 11.8. The van der Waals surface area contributed by atoms with Crippen molar-refractivity contribution in [2.45, 2.75) is 43.1 Å². The Morgan fingerprint density at radius 3 is 2.30 bits per heavy atom. The fraction of sp³-hybridized carbons (Fsp3) is 0.355. The molecule has 3 aliphatic rings. The Bertz CT molecular complexity index is 1650. The van der Waals surface area contributed by atoms with Gasteiger partial charge in [-0.3, -0.25) is 24.1 Å². The molecule has 44 heavy (non-hydrogen) atoms. The van der Waals surface area contributed by atoms with Crippen LogP contribution < -0.4 is 16.8 Å². The van der Waals surface area contributed by atoms with Gasteiger partial charge in [0.1, 0.15) is 22.8 Å². The number of hydrogen-bond donors (Lipinski definition) is 8. The molecular weight excluding hydrogens is 572 g/mol. The van der Waals surface area contributed by atoms with E-state index >= 15 is 0 Å². The van der Waals surface area contributed by atoms with Crippen LogP contribution in [0.3, 0.4) is 0 Å². The lowest BCUT2D eigenvalue weighted by atomic mass is 9.54. The first-order valence-corrected chi connectivity index (χ1v) is 13.9. The molecule has 0 unspecified atom stereocenters. The summed E-state index contributed by atoms with van der Waals surface area (Å²) in [5.74, 6) is -10.6. The van der Waals surface area contributed by atoms with E-state index < -0.39 is 93.3 Å². The van der Waals surface area contributed by atoms with Crippen LogP contribution in [0.25, 0.3) is 5.76 Å². The molecule has 1 fully saturated rings. The van der Waals surface area contributed by atoms with E-state index in [0.717, 1.165) is 5.56 Å². The van der Waals surface area contributed by atoms with E-state index in [-0.39, 0.29) is 17.7 Å². The fourth-order valence-electron chi connectivity index (χ4n) is 6.90. The molecule has 0 aliphatic heterocycles. The summed E-state index contributed by atoms with van der Waals surface area (Å²) in [6.07, 6.45) is -1.50. The lowest BCUT2D eigenvalue weighted by Gasteiger charge is -2.53. The number of primary amides is 1. The molecule has 13 heteroatoms. The van der Waals surface area contributed by atoms with E-state index in [1.807, 2.05) is 18.2 Å². The van der Waals surface area contributed by atoms with Gasteiger partial charge in [-0.25, -0.2) is 0 Å². The number of aliphatic hydroxyl groups is 4. The normalized spacial score (nSPS) is 28.8. The van der Waals surface area contributed by atoms with Gasteiger partial charge in [-0.2, -0.15) is 0 Å². The van der Waals surface area contributed by atoms with Crippen LogP contribution in [0.4, 0.5) is 5.69 Å². The topological polar surface area (TPSA) is 237 Å². The molecule has 10 N–H and O–H groups in total. The quantitative estimate of drug-likeness (QED) is 0.161. The molecule has 2 aromatic carbocycles. The lowest BCUT2D eigenvalue weighted by Crippen LogP contribution is -2.70. The van der Waals surface area contributed by atoms with E-state index in [1.165, 1.54) is 31.1 Å². The number of nitrogens with zero attached hydrogens (tertiary/aromatic N) is 1. The van der Waals surface area contributed by atoms with Crippen LogP contribution in [0.2, 0.25) is 0 Å². The highest BCUT2D eigenvalue weighted by molar-refractivity contribution is 6.24. The van der Waals surface area contributed by atoms with Gasteiger partial charge in [0.05, 0.1) is 35.4 Å². The second kappa shape index (κ2) is 10.9. The number of nitrogens with two attached hydrogens (primary N) is 2. The van der Waals surface area contributed by atoms with Crippen molar-refractivity contribution < 1.29 is 44.7 Å². The summed E-state index contributed by atoms with van der Waals surface area (Å²) in [5.41, 5.74) is 7.63. The molecule has 1 saturated carbocycles. The van der Waals surface area contributed by atoms with E-state index in [1.54, 1.807) is 19.1 Å². The molecular formula is C31H34N4O9. The zero-order valence-corrected chi connectivity index (χ0v) is 24.2. The number of fused-ring (bicyclic) bond motifs is 3. The third-order valence-corrected chi connectivity index (χ3v) is 9.02. The Morgan fingerprint density at radius 1 is 1.07 bits per heavy atom. The molecule has 2 amide bonds. The number of carbonyl (C=O) groups excluding carboxylic acids is 4. The number of hydrogen-bond acceptors (Lipinski definition) is 11. The summed E-state index contributed by atoms with van der Waals surface area (Å²) in [4.78, 5) is 53.7. The number of benzene rings is 2. The van der Waals surface area contributed by atoms with Gasteiger partial charge in [0.2, 0.25) is 11.7 Å². The predicted molar refractivity (Wildman–Crippen MR) is 157 cm³/mol. The Labute approximate surface area is 252 Å². The van der Waals surface area contributed by atoms with Gasteiger partial charge in [-0.05, 0) is 43.6 Å². The minimum atomic E-state index is -3.02. The average Bonchev–Trinajstić information content (AvgIpc) is 2.96. The molecule has 0 bridgehead atoms. The zero-order valence-electron chi connectivity index (χ0n) is 24.2. The van der Waals surface area contributed by atoms with E-state index in [2.05, 4.69) is 5.32 Å². The number of Topliss-reactive ketones (excluding diaryl/α,β-unsaturated/α-hetero) is 2. The van der Waals surface area contributed by atoms with Crippen molar-refractivity contribution in [1.29, 1.82) is 0 Å². The Morgan fingerprint density at radius 2 is 1.70 bits per heavy atom. The third-order valence-electron chi connectivity index (χ3n) is 9.02. The molecule has 0 heterocycles. The summed E-state index contributed by atoms with van der Waals surface area (Å²) < 4.78 is 0. The second-order valence-electron chi connectivity index (χ2n) is 11.8. The number of ketones is 2. The van der Waals surface area contributed by atoms with Gasteiger partial charge in [0.25, 0.3) is 5.91 Å². The van der Waals surface area contributed by atoms with Crippen molar-refractivity contribution in [3.05, 3.63) is 76.1 Å². The number of likely N-dealkylation sites (N-methyl/N-ethyl adjacent to an activating group) is 1. The highest BCUT2D eigenvalue weighted by Gasteiger charge is 2.68. The van der Waals surface area contributed by atoms with Gasteiger partial charge in [-0.1, -0.05) is 43.3 Å². The molecule has 7 atom stereocenters. The van der Waals surface area contributed by atoms with E-state index in [0.29, 0.717) is 5.56 Å². The average molecular weight is 607 g/mol. The number of carbonyl (C=O) groups is 4. The summed E-state index contributed by atoms with van der Waals surface area (Å²) in [5, 5.41) is 59.7. The summed E-state index contributed by atoms with van der Waals surface area (Å²) in [6, 6.07) is 9.51. The van der Waals surface area contributed by atoms with Gasteiger partial charge in [0.15, 0.2) is 11.4 Å². The number of amides is 2. The Balaban J connectivity index is 1.60.